The van der Waals surface area contributed by atoms with E-state index in [0.717, 1.165) is 24.2 Å². The second-order valence-electron chi connectivity index (χ2n) is 4.34. The lowest BCUT2D eigenvalue weighted by atomic mass is 10.1. The summed E-state index contributed by atoms with van der Waals surface area (Å²) in [5, 5.41) is 8.30. The minimum atomic E-state index is 0.947. The highest BCUT2D eigenvalue weighted by Gasteiger charge is 2.07. The third-order valence-corrected chi connectivity index (χ3v) is 6.51. The standard InChI is InChI=1S/C14H14I2N2/c1-9-3-5-11(14(16)13(9)15)6-8-12-7-4-10(2)17-18-12/h3-5,7H,6,8H2,1-2H3. The number of halogens is 2. The number of aryl methyl sites for hydroxylation is 4. The third kappa shape index (κ3) is 3.40. The van der Waals surface area contributed by atoms with E-state index in [9.17, 15) is 0 Å². The first kappa shape index (κ1) is 14.2. The quantitative estimate of drug-likeness (QED) is 0.641. The Balaban J connectivity index is 2.11. The van der Waals surface area contributed by atoms with Crippen molar-refractivity contribution in [3.63, 3.8) is 0 Å². The van der Waals surface area contributed by atoms with Gasteiger partial charge in [0, 0.05) is 7.14 Å². The van der Waals surface area contributed by atoms with Crippen LogP contribution in [0.15, 0.2) is 24.3 Å². The summed E-state index contributed by atoms with van der Waals surface area (Å²) < 4.78 is 2.73. The van der Waals surface area contributed by atoms with E-state index in [2.05, 4.69) is 80.5 Å². The van der Waals surface area contributed by atoms with Crippen LogP contribution in [-0.2, 0) is 12.8 Å². The lowest BCUT2D eigenvalue weighted by molar-refractivity contribution is 0.842. The van der Waals surface area contributed by atoms with Gasteiger partial charge in [0.2, 0.25) is 0 Å². The molecule has 0 amide bonds. The molecule has 0 bridgehead atoms. The molecule has 0 spiro atoms. The largest absolute Gasteiger partial charge is 0.156 e. The molecule has 1 aromatic carbocycles. The Hall–Kier alpha value is -0.240. The minimum absolute atomic E-state index is 0.947. The van der Waals surface area contributed by atoms with Crippen molar-refractivity contribution in [1.29, 1.82) is 0 Å². The Kier molecular flexibility index (Phi) is 4.94. The van der Waals surface area contributed by atoms with Crippen LogP contribution in [0.4, 0.5) is 0 Å². The maximum atomic E-state index is 4.21. The van der Waals surface area contributed by atoms with Crippen molar-refractivity contribution in [3.05, 3.63) is 53.9 Å². The van der Waals surface area contributed by atoms with Crippen molar-refractivity contribution in [2.45, 2.75) is 26.7 Å². The molecule has 0 N–H and O–H groups in total. The zero-order chi connectivity index (χ0) is 13.1. The van der Waals surface area contributed by atoms with Crippen molar-refractivity contribution in [1.82, 2.24) is 10.2 Å². The van der Waals surface area contributed by atoms with Crippen LogP contribution in [0.5, 0.6) is 0 Å². The zero-order valence-electron chi connectivity index (χ0n) is 10.4. The molecule has 0 fully saturated rings. The first-order valence-electron chi connectivity index (χ1n) is 5.80. The van der Waals surface area contributed by atoms with E-state index in [4.69, 9.17) is 0 Å². The molecular weight excluding hydrogens is 450 g/mol. The van der Waals surface area contributed by atoms with E-state index in [1.54, 1.807) is 0 Å². The second-order valence-corrected chi connectivity index (χ2v) is 6.49. The molecule has 0 radical (unpaired) electrons. The molecule has 0 aliphatic carbocycles. The van der Waals surface area contributed by atoms with Gasteiger partial charge in [-0.05, 0) is 95.1 Å². The topological polar surface area (TPSA) is 25.8 Å². The summed E-state index contributed by atoms with van der Waals surface area (Å²) in [6.07, 6.45) is 1.97. The molecule has 4 heteroatoms. The minimum Gasteiger partial charge on any atom is -0.156 e. The molecule has 94 valence electrons. The van der Waals surface area contributed by atoms with E-state index < -0.39 is 0 Å². The van der Waals surface area contributed by atoms with E-state index in [1.807, 2.05) is 13.0 Å². The van der Waals surface area contributed by atoms with Crippen molar-refractivity contribution in [2.75, 3.05) is 0 Å². The fourth-order valence-corrected chi connectivity index (χ4v) is 3.10. The van der Waals surface area contributed by atoms with Crippen molar-refractivity contribution in [3.8, 4) is 0 Å². The lowest BCUT2D eigenvalue weighted by Crippen LogP contribution is -2.00. The van der Waals surface area contributed by atoms with Crippen molar-refractivity contribution >= 4 is 45.2 Å². The summed E-state index contributed by atoms with van der Waals surface area (Å²) in [6, 6.07) is 8.50. The monoisotopic (exact) mass is 464 g/mol. The molecule has 2 rings (SSSR count). The van der Waals surface area contributed by atoms with Gasteiger partial charge in [-0.3, -0.25) is 0 Å². The fourth-order valence-electron chi connectivity index (χ4n) is 1.70. The van der Waals surface area contributed by atoms with E-state index in [1.165, 1.54) is 18.3 Å². The van der Waals surface area contributed by atoms with Gasteiger partial charge < -0.3 is 0 Å². The Morgan fingerprint density at radius 1 is 0.889 bits per heavy atom. The first-order valence-corrected chi connectivity index (χ1v) is 7.96. The Bertz CT molecular complexity index is 550. The van der Waals surface area contributed by atoms with Crippen LogP contribution >= 0.6 is 45.2 Å². The van der Waals surface area contributed by atoms with Gasteiger partial charge in [0.25, 0.3) is 0 Å². The maximum Gasteiger partial charge on any atom is 0.0634 e. The summed E-state index contributed by atoms with van der Waals surface area (Å²) in [7, 11) is 0. The maximum absolute atomic E-state index is 4.21. The molecule has 2 aromatic rings. The van der Waals surface area contributed by atoms with Gasteiger partial charge in [0.05, 0.1) is 11.4 Å². The highest BCUT2D eigenvalue weighted by molar-refractivity contribution is 14.1. The van der Waals surface area contributed by atoms with Crippen LogP contribution < -0.4 is 0 Å². The number of nitrogens with zero attached hydrogens (tertiary/aromatic N) is 2. The smallest absolute Gasteiger partial charge is 0.0634 e. The first-order chi connectivity index (χ1) is 8.58. The van der Waals surface area contributed by atoms with Gasteiger partial charge in [0.15, 0.2) is 0 Å². The van der Waals surface area contributed by atoms with E-state index >= 15 is 0 Å². The van der Waals surface area contributed by atoms with Crippen molar-refractivity contribution in [2.24, 2.45) is 0 Å². The number of aromatic nitrogens is 2. The third-order valence-electron chi connectivity index (χ3n) is 2.86. The molecule has 0 saturated heterocycles. The molecule has 0 aliphatic rings. The van der Waals surface area contributed by atoms with Crippen LogP contribution in [0.3, 0.4) is 0 Å². The fraction of sp³-hybridized carbons (Fsp3) is 0.286. The second kappa shape index (κ2) is 6.27. The normalized spacial score (nSPS) is 10.7. The van der Waals surface area contributed by atoms with Crippen LogP contribution in [0.25, 0.3) is 0 Å². The Labute approximate surface area is 135 Å². The Morgan fingerprint density at radius 3 is 2.33 bits per heavy atom. The highest BCUT2D eigenvalue weighted by atomic mass is 127. The number of hydrogen-bond donors (Lipinski definition) is 0. The number of hydrogen-bond acceptors (Lipinski definition) is 2. The number of benzene rings is 1. The summed E-state index contributed by atoms with van der Waals surface area (Å²) in [4.78, 5) is 0. The predicted molar refractivity (Wildman–Crippen MR) is 90.8 cm³/mol. The molecule has 0 atom stereocenters. The van der Waals surface area contributed by atoms with Crippen LogP contribution in [0, 0.1) is 21.0 Å². The van der Waals surface area contributed by atoms with Gasteiger partial charge in [-0.15, -0.1) is 0 Å². The van der Waals surface area contributed by atoms with Crippen LogP contribution in [0.1, 0.15) is 22.5 Å². The SMILES string of the molecule is Cc1ccc(CCc2ccc(C)c(I)c2I)nn1. The molecule has 0 unspecified atom stereocenters. The average Bonchev–Trinajstić information content (AvgIpc) is 2.37. The van der Waals surface area contributed by atoms with Crippen molar-refractivity contribution < 1.29 is 0 Å². The van der Waals surface area contributed by atoms with Gasteiger partial charge in [0.1, 0.15) is 0 Å². The van der Waals surface area contributed by atoms with Gasteiger partial charge >= 0.3 is 0 Å². The van der Waals surface area contributed by atoms with Crippen LogP contribution in [0.2, 0.25) is 0 Å². The molecular formula is C14H14I2N2. The summed E-state index contributed by atoms with van der Waals surface area (Å²) in [6.45, 7) is 4.11. The highest BCUT2D eigenvalue weighted by Crippen LogP contribution is 2.23. The van der Waals surface area contributed by atoms with Crippen LogP contribution in [-0.4, -0.2) is 10.2 Å². The van der Waals surface area contributed by atoms with E-state index in [-0.39, 0.29) is 0 Å². The van der Waals surface area contributed by atoms with Gasteiger partial charge in [-0.25, -0.2) is 0 Å². The summed E-state index contributed by atoms with van der Waals surface area (Å²) in [5.74, 6) is 0. The Morgan fingerprint density at radius 2 is 1.67 bits per heavy atom. The predicted octanol–water partition coefficient (Wildman–Crippen LogP) is 4.09. The lowest BCUT2D eigenvalue weighted by Gasteiger charge is -2.08. The van der Waals surface area contributed by atoms with Gasteiger partial charge in [-0.1, -0.05) is 12.1 Å². The summed E-state index contributed by atoms with van der Waals surface area (Å²) in [5.41, 5.74) is 4.78. The molecule has 1 aromatic heterocycles. The number of rotatable bonds is 3. The molecule has 0 saturated carbocycles. The molecule has 2 nitrogen and oxygen atoms in total. The molecule has 0 aliphatic heterocycles. The van der Waals surface area contributed by atoms with E-state index in [0.29, 0.717) is 0 Å². The van der Waals surface area contributed by atoms with Gasteiger partial charge in [-0.2, -0.15) is 10.2 Å². The molecule has 18 heavy (non-hydrogen) atoms. The molecule has 1 heterocycles. The average molecular weight is 464 g/mol. The zero-order valence-corrected chi connectivity index (χ0v) is 14.7. The summed E-state index contributed by atoms with van der Waals surface area (Å²) >= 11 is 4.85.